The first kappa shape index (κ1) is 14.6. The highest BCUT2D eigenvalue weighted by Crippen LogP contribution is 2.22. The molecule has 1 unspecified atom stereocenters. The molecule has 4 nitrogen and oxygen atoms in total. The molecule has 0 aromatic heterocycles. The molecule has 108 valence electrons. The number of amides is 2. The van der Waals surface area contributed by atoms with Gasteiger partial charge >= 0.3 is 0 Å². The van der Waals surface area contributed by atoms with Crippen molar-refractivity contribution < 1.29 is 9.59 Å². The summed E-state index contributed by atoms with van der Waals surface area (Å²) in [7, 11) is 0. The zero-order valence-corrected chi connectivity index (χ0v) is 12.3. The molecular formula is C16H22N2O2. The largest absolute Gasteiger partial charge is 0.373 e. The van der Waals surface area contributed by atoms with E-state index in [9.17, 15) is 9.59 Å². The zero-order chi connectivity index (χ0) is 14.7. The number of rotatable bonds is 5. The van der Waals surface area contributed by atoms with Gasteiger partial charge in [0.25, 0.3) is 5.91 Å². The summed E-state index contributed by atoms with van der Waals surface area (Å²) in [6, 6.07) is 7.61. The molecule has 0 saturated carbocycles. The van der Waals surface area contributed by atoms with Gasteiger partial charge in [-0.2, -0.15) is 0 Å². The second-order valence-electron chi connectivity index (χ2n) is 5.56. The van der Waals surface area contributed by atoms with Gasteiger partial charge in [0.05, 0.1) is 6.42 Å². The highest BCUT2D eigenvalue weighted by Gasteiger charge is 2.37. The highest BCUT2D eigenvalue weighted by atomic mass is 16.2. The lowest BCUT2D eigenvalue weighted by atomic mass is 10.0. The van der Waals surface area contributed by atoms with Crippen LogP contribution in [0.5, 0.6) is 0 Å². The van der Waals surface area contributed by atoms with E-state index < -0.39 is 6.04 Å². The van der Waals surface area contributed by atoms with Crippen LogP contribution in [0.15, 0.2) is 24.3 Å². The van der Waals surface area contributed by atoms with Gasteiger partial charge in [0, 0.05) is 12.2 Å². The predicted octanol–water partition coefficient (Wildman–Crippen LogP) is 2.76. The van der Waals surface area contributed by atoms with Crippen LogP contribution in [-0.4, -0.2) is 29.3 Å². The Morgan fingerprint density at radius 2 is 2.10 bits per heavy atom. The Balaban J connectivity index is 2.09. The molecule has 1 N–H and O–H groups in total. The molecule has 1 aromatic rings. The molecule has 1 fully saturated rings. The fourth-order valence-corrected chi connectivity index (χ4v) is 2.44. The molecule has 1 saturated heterocycles. The van der Waals surface area contributed by atoms with Crippen LogP contribution in [0.1, 0.15) is 45.1 Å². The number of hydrogen-bond acceptors (Lipinski definition) is 3. The van der Waals surface area contributed by atoms with Gasteiger partial charge in [-0.25, -0.2) is 0 Å². The van der Waals surface area contributed by atoms with Crippen molar-refractivity contribution in [3.63, 3.8) is 0 Å². The molecule has 1 aliphatic rings. The number of nitrogens with one attached hydrogen (secondary N) is 1. The van der Waals surface area contributed by atoms with E-state index in [2.05, 4.69) is 25.2 Å². The lowest BCUT2D eigenvalue weighted by Gasteiger charge is -2.16. The van der Waals surface area contributed by atoms with Crippen LogP contribution in [0.3, 0.4) is 0 Å². The zero-order valence-electron chi connectivity index (χ0n) is 12.3. The molecule has 20 heavy (non-hydrogen) atoms. The van der Waals surface area contributed by atoms with E-state index in [1.807, 2.05) is 25.1 Å². The van der Waals surface area contributed by atoms with Gasteiger partial charge in [0.1, 0.15) is 6.04 Å². The summed E-state index contributed by atoms with van der Waals surface area (Å²) in [6.07, 6.45) is 1.05. The van der Waals surface area contributed by atoms with Gasteiger partial charge in [-0.1, -0.05) is 32.9 Å². The summed E-state index contributed by atoms with van der Waals surface area (Å²) in [5.74, 6) is 0.260. The van der Waals surface area contributed by atoms with Gasteiger partial charge in [-0.05, 0) is 30.0 Å². The van der Waals surface area contributed by atoms with Crippen molar-refractivity contribution in [1.82, 2.24) is 4.90 Å². The summed E-state index contributed by atoms with van der Waals surface area (Å²) in [6.45, 7) is 6.74. The Bertz CT molecular complexity index is 511. The van der Waals surface area contributed by atoms with E-state index in [1.54, 1.807) is 0 Å². The number of anilines is 1. The van der Waals surface area contributed by atoms with E-state index in [1.165, 1.54) is 10.5 Å². The second-order valence-corrected chi connectivity index (χ2v) is 5.56. The molecule has 1 heterocycles. The second kappa shape index (κ2) is 6.07. The minimum Gasteiger partial charge on any atom is -0.373 e. The third kappa shape index (κ3) is 3.00. The van der Waals surface area contributed by atoms with Gasteiger partial charge in [-0.15, -0.1) is 0 Å². The third-order valence-corrected chi connectivity index (χ3v) is 3.59. The molecule has 0 spiro atoms. The normalized spacial score (nSPS) is 19.0. The van der Waals surface area contributed by atoms with Crippen LogP contribution in [0, 0.1) is 0 Å². The summed E-state index contributed by atoms with van der Waals surface area (Å²) >= 11 is 0. The average Bonchev–Trinajstić information content (AvgIpc) is 2.67. The number of benzene rings is 1. The van der Waals surface area contributed by atoms with E-state index in [4.69, 9.17) is 0 Å². The number of hydrogen-bond donors (Lipinski definition) is 1. The van der Waals surface area contributed by atoms with Crippen LogP contribution >= 0.6 is 0 Å². The monoisotopic (exact) mass is 274 g/mol. The summed E-state index contributed by atoms with van der Waals surface area (Å²) in [4.78, 5) is 25.4. The van der Waals surface area contributed by atoms with Crippen LogP contribution in [0.25, 0.3) is 0 Å². The molecule has 1 aliphatic heterocycles. The average molecular weight is 274 g/mol. The Hall–Kier alpha value is -1.84. The van der Waals surface area contributed by atoms with Gasteiger partial charge in [0.15, 0.2) is 0 Å². The maximum atomic E-state index is 12.2. The molecule has 2 rings (SSSR count). The van der Waals surface area contributed by atoms with Gasteiger partial charge in [-0.3, -0.25) is 14.5 Å². The Kier molecular flexibility index (Phi) is 4.42. The summed E-state index contributed by atoms with van der Waals surface area (Å²) < 4.78 is 0. The van der Waals surface area contributed by atoms with Crippen LogP contribution in [-0.2, 0) is 9.59 Å². The molecule has 2 amide bonds. The van der Waals surface area contributed by atoms with Crippen LogP contribution < -0.4 is 5.32 Å². The van der Waals surface area contributed by atoms with Crippen molar-refractivity contribution in [3.8, 4) is 0 Å². The first-order valence-corrected chi connectivity index (χ1v) is 7.23. The third-order valence-electron chi connectivity index (χ3n) is 3.59. The SMILES string of the molecule is CCCN1C(=O)CC(Nc2cccc(C(C)C)c2)C1=O. The Morgan fingerprint density at radius 1 is 1.35 bits per heavy atom. The van der Waals surface area contributed by atoms with Crippen molar-refractivity contribution >= 4 is 17.5 Å². The molecule has 4 heteroatoms. The van der Waals surface area contributed by atoms with Crippen molar-refractivity contribution in [1.29, 1.82) is 0 Å². The summed E-state index contributed by atoms with van der Waals surface area (Å²) in [5.41, 5.74) is 2.12. The van der Waals surface area contributed by atoms with Crippen LogP contribution in [0.4, 0.5) is 5.69 Å². The van der Waals surface area contributed by atoms with Crippen LogP contribution in [0.2, 0.25) is 0 Å². The first-order valence-electron chi connectivity index (χ1n) is 7.23. The maximum absolute atomic E-state index is 12.2. The minimum atomic E-state index is -0.420. The summed E-state index contributed by atoms with van der Waals surface area (Å²) in [5, 5.41) is 3.19. The Labute approximate surface area is 120 Å². The Morgan fingerprint density at radius 3 is 2.75 bits per heavy atom. The van der Waals surface area contributed by atoms with E-state index in [-0.39, 0.29) is 18.2 Å². The lowest BCUT2D eigenvalue weighted by Crippen LogP contribution is -2.35. The standard InChI is InChI=1S/C16H22N2O2/c1-4-8-18-15(19)10-14(16(18)20)17-13-7-5-6-12(9-13)11(2)3/h5-7,9,11,14,17H,4,8,10H2,1-3H3. The molecule has 1 aromatic carbocycles. The number of imide groups is 1. The van der Waals surface area contributed by atoms with Gasteiger partial charge in [0.2, 0.25) is 5.91 Å². The molecule has 0 bridgehead atoms. The fraction of sp³-hybridized carbons (Fsp3) is 0.500. The topological polar surface area (TPSA) is 49.4 Å². The number of nitrogens with zero attached hydrogens (tertiary/aromatic N) is 1. The van der Waals surface area contributed by atoms with E-state index in [0.29, 0.717) is 12.5 Å². The van der Waals surface area contributed by atoms with Crippen molar-refractivity contribution in [2.24, 2.45) is 0 Å². The minimum absolute atomic E-state index is 0.0747. The molecule has 0 radical (unpaired) electrons. The highest BCUT2D eigenvalue weighted by molar-refractivity contribution is 6.06. The fourth-order valence-electron chi connectivity index (χ4n) is 2.44. The van der Waals surface area contributed by atoms with E-state index >= 15 is 0 Å². The predicted molar refractivity (Wildman–Crippen MR) is 79.6 cm³/mol. The maximum Gasteiger partial charge on any atom is 0.252 e. The van der Waals surface area contributed by atoms with Crippen molar-refractivity contribution in [2.45, 2.75) is 45.6 Å². The van der Waals surface area contributed by atoms with Crippen molar-refractivity contribution in [3.05, 3.63) is 29.8 Å². The van der Waals surface area contributed by atoms with Crippen molar-refractivity contribution in [2.75, 3.05) is 11.9 Å². The number of likely N-dealkylation sites (tertiary alicyclic amines) is 1. The molecular weight excluding hydrogens is 252 g/mol. The first-order chi connectivity index (χ1) is 9.52. The lowest BCUT2D eigenvalue weighted by molar-refractivity contribution is -0.138. The quantitative estimate of drug-likeness (QED) is 0.840. The number of carbonyl (C=O) groups is 2. The van der Waals surface area contributed by atoms with E-state index in [0.717, 1.165) is 12.1 Å². The molecule has 0 aliphatic carbocycles. The smallest absolute Gasteiger partial charge is 0.252 e. The van der Waals surface area contributed by atoms with Gasteiger partial charge < -0.3 is 5.32 Å². The number of carbonyl (C=O) groups excluding carboxylic acids is 2. The molecule has 1 atom stereocenters.